The van der Waals surface area contributed by atoms with Crippen LogP contribution in [0.25, 0.3) is 0 Å². The zero-order chi connectivity index (χ0) is 12.1. The van der Waals surface area contributed by atoms with Crippen molar-refractivity contribution in [1.82, 2.24) is 0 Å². The van der Waals surface area contributed by atoms with Crippen LogP contribution in [0.2, 0.25) is 0 Å². The minimum absolute atomic E-state index is 0.306. The van der Waals surface area contributed by atoms with Gasteiger partial charge in [-0.25, -0.2) is 0 Å². The van der Waals surface area contributed by atoms with Gasteiger partial charge in [-0.3, -0.25) is 0 Å². The molecule has 1 saturated carbocycles. The summed E-state index contributed by atoms with van der Waals surface area (Å²) in [6.07, 6.45) is 6.56. The van der Waals surface area contributed by atoms with Gasteiger partial charge in [0, 0.05) is 5.41 Å². The van der Waals surface area contributed by atoms with E-state index in [0.29, 0.717) is 5.41 Å². The van der Waals surface area contributed by atoms with Gasteiger partial charge in [-0.15, -0.1) is 0 Å². The Morgan fingerprint density at radius 2 is 1.88 bits per heavy atom. The van der Waals surface area contributed by atoms with Crippen LogP contribution in [0, 0.1) is 8.99 Å². The first-order chi connectivity index (χ1) is 8.26. The number of ether oxygens (including phenoxy) is 1. The first-order valence-corrected chi connectivity index (χ1v) is 7.95. The third-order valence-electron chi connectivity index (χ3n) is 3.62. The minimum atomic E-state index is 0.306. The second-order valence-electron chi connectivity index (χ2n) is 4.94. The van der Waals surface area contributed by atoms with Gasteiger partial charge in [0.1, 0.15) is 5.75 Å². The molecule has 3 heteroatoms. The predicted molar refractivity (Wildman–Crippen MR) is 84.0 cm³/mol. The summed E-state index contributed by atoms with van der Waals surface area (Å²) < 4.78 is 7.20. The van der Waals surface area contributed by atoms with Gasteiger partial charge >= 0.3 is 0 Å². The Morgan fingerprint density at radius 3 is 2.53 bits per heavy atom. The lowest BCUT2D eigenvalue weighted by atomic mass is 9.76. The van der Waals surface area contributed by atoms with E-state index in [2.05, 4.69) is 47.4 Å². The third-order valence-corrected chi connectivity index (χ3v) is 5.18. The smallest absolute Gasteiger partial charge is 0.132 e. The first kappa shape index (κ1) is 13.5. The molecule has 1 fully saturated rings. The highest BCUT2D eigenvalue weighted by molar-refractivity contribution is 14.1. The monoisotopic (exact) mass is 362 g/mol. The zero-order valence-corrected chi connectivity index (χ0v) is 13.0. The van der Waals surface area contributed by atoms with E-state index in [0.717, 1.165) is 18.1 Å². The molecule has 0 radical (unpaired) electrons. The maximum absolute atomic E-state index is 6.01. The predicted octanol–water partition coefficient (Wildman–Crippen LogP) is 4.55. The van der Waals surface area contributed by atoms with Crippen molar-refractivity contribution in [1.29, 1.82) is 0 Å². The normalized spacial score (nSPS) is 18.9. The maximum atomic E-state index is 6.01. The van der Waals surface area contributed by atoms with Crippen molar-refractivity contribution in [3.8, 4) is 5.75 Å². The summed E-state index contributed by atoms with van der Waals surface area (Å²) >= 11 is 6.87. The van der Waals surface area contributed by atoms with Crippen molar-refractivity contribution < 1.29 is 4.74 Å². The van der Waals surface area contributed by atoms with Gasteiger partial charge in [-0.05, 0) is 53.3 Å². The summed E-state index contributed by atoms with van der Waals surface area (Å²) in [6.45, 7) is 0.816. The molecule has 0 heterocycles. The Labute approximate surface area is 123 Å². The number of halogens is 1. The first-order valence-electron chi connectivity index (χ1n) is 6.24. The molecule has 17 heavy (non-hydrogen) atoms. The van der Waals surface area contributed by atoms with Gasteiger partial charge in [0.2, 0.25) is 0 Å². The average molecular weight is 362 g/mol. The van der Waals surface area contributed by atoms with E-state index in [1.807, 2.05) is 12.1 Å². The summed E-state index contributed by atoms with van der Waals surface area (Å²) in [6, 6.07) is 8.22. The van der Waals surface area contributed by atoms with Gasteiger partial charge in [0.15, 0.2) is 0 Å². The van der Waals surface area contributed by atoms with Crippen molar-refractivity contribution in [2.24, 2.45) is 5.41 Å². The van der Waals surface area contributed by atoms with Crippen LogP contribution >= 0.6 is 35.2 Å². The number of hydrogen-bond donors (Lipinski definition) is 1. The summed E-state index contributed by atoms with van der Waals surface area (Å²) in [7, 11) is 0. The lowest BCUT2D eigenvalue weighted by molar-refractivity contribution is 0.120. The van der Waals surface area contributed by atoms with Crippen LogP contribution in [0.4, 0.5) is 0 Å². The molecule has 0 amide bonds. The number of para-hydroxylation sites is 1. The van der Waals surface area contributed by atoms with Crippen LogP contribution in [0.3, 0.4) is 0 Å². The summed E-state index contributed by atoms with van der Waals surface area (Å²) in [4.78, 5) is 0. The van der Waals surface area contributed by atoms with E-state index in [9.17, 15) is 0 Å². The Morgan fingerprint density at radius 1 is 1.18 bits per heavy atom. The van der Waals surface area contributed by atoms with Crippen LogP contribution < -0.4 is 4.74 Å². The molecule has 1 aromatic rings. The Hall–Kier alpha value is 0.100. The lowest BCUT2D eigenvalue weighted by Gasteiger charge is -2.35. The van der Waals surface area contributed by atoms with Gasteiger partial charge < -0.3 is 4.74 Å². The molecule has 0 aliphatic heterocycles. The Balaban J connectivity index is 1.98. The van der Waals surface area contributed by atoms with Crippen LogP contribution in [0.5, 0.6) is 5.75 Å². The summed E-state index contributed by atoms with van der Waals surface area (Å²) in [5.41, 5.74) is 0.306. The van der Waals surface area contributed by atoms with E-state index in [1.54, 1.807) is 0 Å². The fourth-order valence-corrected chi connectivity index (χ4v) is 3.39. The summed E-state index contributed by atoms with van der Waals surface area (Å²) in [5, 5.41) is 0. The molecular formula is C14H19IOS. The van der Waals surface area contributed by atoms with Crippen LogP contribution in [-0.4, -0.2) is 12.4 Å². The molecule has 1 aromatic carbocycles. The number of thiol groups is 1. The van der Waals surface area contributed by atoms with Crippen molar-refractivity contribution in [2.75, 3.05) is 12.4 Å². The number of benzene rings is 1. The van der Waals surface area contributed by atoms with E-state index in [1.165, 1.54) is 35.7 Å². The molecule has 0 N–H and O–H groups in total. The fourth-order valence-electron chi connectivity index (χ4n) is 2.44. The largest absolute Gasteiger partial charge is 0.492 e. The highest BCUT2D eigenvalue weighted by Crippen LogP contribution is 2.38. The lowest BCUT2D eigenvalue weighted by Crippen LogP contribution is -2.33. The molecule has 2 rings (SSSR count). The van der Waals surface area contributed by atoms with Gasteiger partial charge in [-0.2, -0.15) is 12.6 Å². The zero-order valence-electron chi connectivity index (χ0n) is 9.99. The molecule has 94 valence electrons. The van der Waals surface area contributed by atoms with E-state index in [-0.39, 0.29) is 0 Å². The Kier molecular flexibility index (Phi) is 5.03. The van der Waals surface area contributed by atoms with Gasteiger partial charge in [0.25, 0.3) is 0 Å². The van der Waals surface area contributed by atoms with Crippen molar-refractivity contribution in [2.45, 2.75) is 32.1 Å². The highest BCUT2D eigenvalue weighted by Gasteiger charge is 2.31. The average Bonchev–Trinajstić information content (AvgIpc) is 2.39. The SMILES string of the molecule is SCC1(COc2ccccc2I)CCCCC1. The molecule has 0 unspecified atom stereocenters. The second kappa shape index (κ2) is 6.32. The molecule has 1 aliphatic carbocycles. The summed E-state index contributed by atoms with van der Waals surface area (Å²) in [5.74, 6) is 1.95. The molecule has 0 spiro atoms. The molecule has 0 saturated heterocycles. The highest BCUT2D eigenvalue weighted by atomic mass is 127. The molecule has 0 atom stereocenters. The fraction of sp³-hybridized carbons (Fsp3) is 0.571. The molecule has 0 bridgehead atoms. The number of hydrogen-bond acceptors (Lipinski definition) is 2. The molecule has 1 nitrogen and oxygen atoms in total. The third kappa shape index (κ3) is 3.53. The van der Waals surface area contributed by atoms with Crippen LogP contribution in [0.15, 0.2) is 24.3 Å². The van der Waals surface area contributed by atoms with Crippen molar-refractivity contribution >= 4 is 35.2 Å². The minimum Gasteiger partial charge on any atom is -0.492 e. The van der Waals surface area contributed by atoms with Gasteiger partial charge in [-0.1, -0.05) is 31.4 Å². The van der Waals surface area contributed by atoms with E-state index >= 15 is 0 Å². The number of rotatable bonds is 4. The Bertz CT molecular complexity index is 361. The van der Waals surface area contributed by atoms with E-state index < -0.39 is 0 Å². The molecule has 0 aromatic heterocycles. The maximum Gasteiger partial charge on any atom is 0.132 e. The van der Waals surface area contributed by atoms with Crippen molar-refractivity contribution in [3.05, 3.63) is 27.8 Å². The van der Waals surface area contributed by atoms with Crippen molar-refractivity contribution in [3.63, 3.8) is 0 Å². The van der Waals surface area contributed by atoms with Crippen LogP contribution in [0.1, 0.15) is 32.1 Å². The van der Waals surface area contributed by atoms with Crippen LogP contribution in [-0.2, 0) is 0 Å². The standard InChI is InChI=1S/C14H19IOS/c15-12-6-2-3-7-13(12)16-10-14(11-17)8-4-1-5-9-14/h2-3,6-7,17H,1,4-5,8-11H2. The molecular weight excluding hydrogens is 343 g/mol. The quantitative estimate of drug-likeness (QED) is 0.611. The molecule has 1 aliphatic rings. The topological polar surface area (TPSA) is 9.23 Å². The van der Waals surface area contributed by atoms with Gasteiger partial charge in [0.05, 0.1) is 10.2 Å². The second-order valence-corrected chi connectivity index (χ2v) is 6.42. The van der Waals surface area contributed by atoms with E-state index in [4.69, 9.17) is 4.74 Å².